The number of hydrogen-bond donors (Lipinski definition) is 2. The molecule has 0 atom stereocenters. The molecule has 1 aliphatic heterocycles. The Bertz CT molecular complexity index is 263. The first kappa shape index (κ1) is 24.2. The van der Waals surface area contributed by atoms with Crippen LogP contribution in [0.2, 0.25) is 0 Å². The largest absolute Gasteiger partial charge is 0.383 e. The lowest BCUT2D eigenvalue weighted by molar-refractivity contribution is -0.122. The Labute approximate surface area is 147 Å². The zero-order valence-electron chi connectivity index (χ0n) is 13.7. The summed E-state index contributed by atoms with van der Waals surface area (Å²) in [5.74, 6) is 0.216. The van der Waals surface area contributed by atoms with Gasteiger partial charge in [0, 0.05) is 39.2 Å². The topological polar surface area (TPSA) is 67.6 Å². The summed E-state index contributed by atoms with van der Waals surface area (Å²) in [5.41, 5.74) is 5.44. The van der Waals surface area contributed by atoms with Gasteiger partial charge in [-0.1, -0.05) is 12.8 Å². The maximum atomic E-state index is 11.8. The molecule has 0 aromatic rings. The summed E-state index contributed by atoms with van der Waals surface area (Å²) in [6.07, 6.45) is 7.08. The third kappa shape index (κ3) is 11.5. The van der Waals surface area contributed by atoms with Gasteiger partial charge in [-0.2, -0.15) is 0 Å². The van der Waals surface area contributed by atoms with Gasteiger partial charge in [0.1, 0.15) is 0 Å². The van der Waals surface area contributed by atoms with Crippen molar-refractivity contribution in [1.82, 2.24) is 10.2 Å². The first-order valence-electron chi connectivity index (χ1n) is 7.97. The Morgan fingerprint density at radius 2 is 1.82 bits per heavy atom. The van der Waals surface area contributed by atoms with Crippen molar-refractivity contribution in [2.24, 2.45) is 5.73 Å². The first-order valence-corrected chi connectivity index (χ1v) is 7.97. The van der Waals surface area contributed by atoms with Gasteiger partial charge in [-0.3, -0.25) is 4.79 Å². The molecule has 0 spiro atoms. The molecule has 0 aliphatic carbocycles. The van der Waals surface area contributed by atoms with Crippen LogP contribution in [-0.4, -0.2) is 56.7 Å². The molecule has 22 heavy (non-hydrogen) atoms. The molecule has 1 heterocycles. The fourth-order valence-corrected chi connectivity index (χ4v) is 2.60. The molecule has 1 rings (SSSR count). The second-order valence-electron chi connectivity index (χ2n) is 5.63. The minimum Gasteiger partial charge on any atom is -0.383 e. The van der Waals surface area contributed by atoms with E-state index in [0.29, 0.717) is 12.5 Å². The SMILES string of the molecule is COCCN1CCC(NC(=O)CCCCCCN)CC1.Cl.Cl. The van der Waals surface area contributed by atoms with E-state index in [4.69, 9.17) is 10.5 Å². The highest BCUT2D eigenvalue weighted by Gasteiger charge is 2.19. The number of nitrogens with two attached hydrogens (primary N) is 1. The van der Waals surface area contributed by atoms with Gasteiger partial charge in [0.2, 0.25) is 5.91 Å². The minimum absolute atomic E-state index is 0. The lowest BCUT2D eigenvalue weighted by Crippen LogP contribution is -2.45. The number of unbranched alkanes of at least 4 members (excludes halogenated alkanes) is 3. The van der Waals surface area contributed by atoms with Crippen LogP contribution in [0.25, 0.3) is 0 Å². The van der Waals surface area contributed by atoms with Crippen LogP contribution in [-0.2, 0) is 9.53 Å². The fourth-order valence-electron chi connectivity index (χ4n) is 2.60. The summed E-state index contributed by atoms with van der Waals surface area (Å²) in [6, 6.07) is 0.366. The predicted octanol–water partition coefficient (Wildman–Crippen LogP) is 1.97. The molecule has 5 nitrogen and oxygen atoms in total. The Morgan fingerprint density at radius 1 is 1.18 bits per heavy atom. The van der Waals surface area contributed by atoms with E-state index in [1.807, 2.05) is 0 Å². The number of rotatable bonds is 10. The van der Waals surface area contributed by atoms with E-state index in [0.717, 1.165) is 71.3 Å². The lowest BCUT2D eigenvalue weighted by atomic mass is 10.0. The average Bonchev–Trinajstić information content (AvgIpc) is 2.46. The molecule has 3 N–H and O–H groups in total. The van der Waals surface area contributed by atoms with Gasteiger partial charge in [0.15, 0.2) is 0 Å². The van der Waals surface area contributed by atoms with Gasteiger partial charge in [-0.05, 0) is 32.2 Å². The lowest BCUT2D eigenvalue weighted by Gasteiger charge is -2.32. The van der Waals surface area contributed by atoms with E-state index >= 15 is 0 Å². The summed E-state index contributed by atoms with van der Waals surface area (Å²) >= 11 is 0. The van der Waals surface area contributed by atoms with Crippen LogP contribution in [0.1, 0.15) is 44.9 Å². The van der Waals surface area contributed by atoms with Crippen LogP contribution in [0.15, 0.2) is 0 Å². The third-order valence-electron chi connectivity index (χ3n) is 3.92. The van der Waals surface area contributed by atoms with Crippen molar-refractivity contribution in [3.8, 4) is 0 Å². The zero-order valence-corrected chi connectivity index (χ0v) is 15.4. The number of ether oxygens (including phenoxy) is 1. The van der Waals surface area contributed by atoms with Crippen LogP contribution in [0.4, 0.5) is 0 Å². The van der Waals surface area contributed by atoms with E-state index in [1.165, 1.54) is 0 Å². The Morgan fingerprint density at radius 3 is 2.41 bits per heavy atom. The third-order valence-corrected chi connectivity index (χ3v) is 3.92. The highest BCUT2D eigenvalue weighted by atomic mass is 35.5. The predicted molar refractivity (Wildman–Crippen MR) is 96.1 cm³/mol. The van der Waals surface area contributed by atoms with E-state index in [-0.39, 0.29) is 30.7 Å². The van der Waals surface area contributed by atoms with Gasteiger partial charge in [-0.25, -0.2) is 0 Å². The minimum atomic E-state index is 0. The molecular weight excluding hydrogens is 325 g/mol. The number of carbonyl (C=O) groups excluding carboxylic acids is 1. The van der Waals surface area contributed by atoms with E-state index < -0.39 is 0 Å². The van der Waals surface area contributed by atoms with E-state index in [2.05, 4.69) is 10.2 Å². The number of likely N-dealkylation sites (tertiary alicyclic amines) is 1. The summed E-state index contributed by atoms with van der Waals surface area (Å²) in [4.78, 5) is 14.2. The van der Waals surface area contributed by atoms with Crippen molar-refractivity contribution in [3.05, 3.63) is 0 Å². The Kier molecular flexibility index (Phi) is 17.4. The highest BCUT2D eigenvalue weighted by molar-refractivity contribution is 5.85. The number of methoxy groups -OCH3 is 1. The number of halogens is 2. The van der Waals surface area contributed by atoms with Gasteiger partial charge in [0.05, 0.1) is 6.61 Å². The molecule has 1 saturated heterocycles. The second kappa shape index (κ2) is 15.8. The molecule has 0 saturated carbocycles. The maximum absolute atomic E-state index is 11.8. The molecule has 7 heteroatoms. The standard InChI is InChI=1S/C15H31N3O2.2ClH/c1-20-13-12-18-10-7-14(8-11-18)17-15(19)6-4-2-3-5-9-16;;/h14H,2-13,16H2,1H3,(H,17,19);2*1H. The monoisotopic (exact) mass is 357 g/mol. The van der Waals surface area contributed by atoms with Crippen molar-refractivity contribution >= 4 is 30.7 Å². The summed E-state index contributed by atoms with van der Waals surface area (Å²) in [6.45, 7) is 4.67. The zero-order chi connectivity index (χ0) is 14.6. The summed E-state index contributed by atoms with van der Waals surface area (Å²) < 4.78 is 5.09. The van der Waals surface area contributed by atoms with Crippen LogP contribution in [0.5, 0.6) is 0 Å². The Hall–Kier alpha value is -0.0700. The molecule has 1 aliphatic rings. The van der Waals surface area contributed by atoms with Gasteiger partial charge in [0.25, 0.3) is 0 Å². The van der Waals surface area contributed by atoms with Crippen LogP contribution < -0.4 is 11.1 Å². The average molecular weight is 358 g/mol. The molecule has 0 unspecified atom stereocenters. The van der Waals surface area contributed by atoms with E-state index in [9.17, 15) is 4.79 Å². The number of amides is 1. The quantitative estimate of drug-likeness (QED) is 0.586. The van der Waals surface area contributed by atoms with Gasteiger partial charge < -0.3 is 20.7 Å². The van der Waals surface area contributed by atoms with Crippen molar-refractivity contribution in [1.29, 1.82) is 0 Å². The smallest absolute Gasteiger partial charge is 0.220 e. The van der Waals surface area contributed by atoms with Crippen molar-refractivity contribution < 1.29 is 9.53 Å². The molecule has 1 fully saturated rings. The van der Waals surface area contributed by atoms with Crippen LogP contribution in [0.3, 0.4) is 0 Å². The highest BCUT2D eigenvalue weighted by Crippen LogP contribution is 2.10. The van der Waals surface area contributed by atoms with E-state index in [1.54, 1.807) is 7.11 Å². The summed E-state index contributed by atoms with van der Waals surface area (Å²) in [5, 5.41) is 3.16. The van der Waals surface area contributed by atoms with Crippen molar-refractivity contribution in [2.45, 2.75) is 51.0 Å². The Balaban J connectivity index is 0. The summed E-state index contributed by atoms with van der Waals surface area (Å²) in [7, 11) is 1.74. The molecule has 0 aromatic heterocycles. The fraction of sp³-hybridized carbons (Fsp3) is 0.933. The second-order valence-corrected chi connectivity index (χ2v) is 5.63. The molecule has 0 aromatic carbocycles. The molecule has 134 valence electrons. The van der Waals surface area contributed by atoms with Gasteiger partial charge >= 0.3 is 0 Å². The molecule has 1 amide bonds. The number of hydrogen-bond acceptors (Lipinski definition) is 4. The van der Waals surface area contributed by atoms with Crippen molar-refractivity contribution in [2.75, 3.05) is 39.9 Å². The van der Waals surface area contributed by atoms with Crippen LogP contribution >= 0.6 is 24.8 Å². The first-order chi connectivity index (χ1) is 9.76. The maximum Gasteiger partial charge on any atom is 0.220 e. The molecule has 0 radical (unpaired) electrons. The number of nitrogens with one attached hydrogen (secondary N) is 1. The molecular formula is C15H33Cl2N3O2. The molecule has 0 bridgehead atoms. The number of piperidine rings is 1. The van der Waals surface area contributed by atoms with Gasteiger partial charge in [-0.15, -0.1) is 24.8 Å². The normalized spacial score (nSPS) is 15.7. The van der Waals surface area contributed by atoms with Crippen LogP contribution in [0, 0.1) is 0 Å². The number of carbonyl (C=O) groups is 1. The van der Waals surface area contributed by atoms with Crippen molar-refractivity contribution in [3.63, 3.8) is 0 Å². The number of nitrogens with zero attached hydrogens (tertiary/aromatic N) is 1.